The molecular formula is C20H22N6O3S2. The van der Waals surface area contributed by atoms with Crippen LogP contribution >= 0.6 is 23.1 Å². The van der Waals surface area contributed by atoms with Gasteiger partial charge in [0, 0.05) is 17.8 Å². The topological polar surface area (TPSA) is 108 Å². The Kier molecular flexibility index (Phi) is 6.23. The number of hydrogen-bond acceptors (Lipinski definition) is 9. The summed E-state index contributed by atoms with van der Waals surface area (Å²) in [6, 6.07) is 7.63. The number of furan rings is 1. The third-order valence-corrected chi connectivity index (χ3v) is 6.60. The summed E-state index contributed by atoms with van der Waals surface area (Å²) >= 11 is 2.70. The first-order chi connectivity index (χ1) is 15.0. The molecule has 1 N–H and O–H groups in total. The molecule has 9 nitrogen and oxygen atoms in total. The van der Waals surface area contributed by atoms with Gasteiger partial charge in [0.1, 0.15) is 5.01 Å². The lowest BCUT2D eigenvalue weighted by atomic mass is 10.2. The maximum absolute atomic E-state index is 12.3. The molecule has 0 radical (unpaired) electrons. The zero-order valence-corrected chi connectivity index (χ0v) is 19.2. The Morgan fingerprint density at radius 2 is 2.13 bits per heavy atom. The minimum Gasteiger partial charge on any atom is -0.493 e. The Morgan fingerprint density at radius 1 is 1.29 bits per heavy atom. The second kappa shape index (κ2) is 9.06. The molecule has 0 saturated heterocycles. The van der Waals surface area contributed by atoms with Gasteiger partial charge in [-0.3, -0.25) is 14.7 Å². The number of hydrogen-bond donors (Lipinski definition) is 1. The lowest BCUT2D eigenvalue weighted by Gasteiger charge is -2.05. The number of ether oxygens (including phenoxy) is 1. The fourth-order valence-corrected chi connectivity index (χ4v) is 4.54. The quantitative estimate of drug-likeness (QED) is 0.387. The van der Waals surface area contributed by atoms with Gasteiger partial charge in [-0.25, -0.2) is 0 Å². The van der Waals surface area contributed by atoms with Crippen molar-refractivity contribution in [2.45, 2.75) is 38.4 Å². The van der Waals surface area contributed by atoms with Crippen molar-refractivity contribution in [1.29, 1.82) is 0 Å². The van der Waals surface area contributed by atoms with E-state index in [1.54, 1.807) is 7.11 Å². The molecule has 0 saturated carbocycles. The molecule has 0 bridgehead atoms. The van der Waals surface area contributed by atoms with Crippen molar-refractivity contribution < 1.29 is 13.9 Å². The molecule has 0 aliphatic heterocycles. The summed E-state index contributed by atoms with van der Waals surface area (Å²) in [4.78, 5) is 12.3. The second-order valence-electron chi connectivity index (χ2n) is 6.98. The van der Waals surface area contributed by atoms with Crippen LogP contribution in [0.25, 0.3) is 22.6 Å². The zero-order chi connectivity index (χ0) is 22.0. The van der Waals surface area contributed by atoms with Gasteiger partial charge in [0.25, 0.3) is 0 Å². The number of carbonyl (C=O) groups is 1. The predicted molar refractivity (Wildman–Crippen MR) is 121 cm³/mol. The maximum atomic E-state index is 12.3. The summed E-state index contributed by atoms with van der Waals surface area (Å²) in [6.07, 6.45) is 0. The van der Waals surface area contributed by atoms with Gasteiger partial charge in [-0.15, -0.1) is 20.4 Å². The first kappa shape index (κ1) is 21.3. The molecule has 0 fully saturated rings. The van der Waals surface area contributed by atoms with E-state index in [4.69, 9.17) is 9.15 Å². The molecule has 4 aromatic rings. The number of benzene rings is 1. The highest BCUT2D eigenvalue weighted by Crippen LogP contribution is 2.34. The van der Waals surface area contributed by atoms with E-state index >= 15 is 0 Å². The Labute approximate surface area is 187 Å². The fraction of sp³-hybridized carbons (Fsp3) is 0.350. The monoisotopic (exact) mass is 458 g/mol. The first-order valence-corrected chi connectivity index (χ1v) is 11.6. The van der Waals surface area contributed by atoms with Crippen LogP contribution in [-0.2, 0) is 11.3 Å². The van der Waals surface area contributed by atoms with Gasteiger partial charge < -0.3 is 9.15 Å². The number of nitrogens with zero attached hydrogens (tertiary/aromatic N) is 5. The normalized spacial score (nSPS) is 11.4. The largest absolute Gasteiger partial charge is 0.493 e. The molecule has 3 heterocycles. The van der Waals surface area contributed by atoms with Gasteiger partial charge in [0.2, 0.25) is 16.9 Å². The molecule has 0 atom stereocenters. The number of rotatable bonds is 8. The van der Waals surface area contributed by atoms with Crippen LogP contribution < -0.4 is 10.1 Å². The van der Waals surface area contributed by atoms with E-state index < -0.39 is 0 Å². The lowest BCUT2D eigenvalue weighted by Crippen LogP contribution is -2.14. The highest BCUT2D eigenvalue weighted by Gasteiger charge is 2.19. The van der Waals surface area contributed by atoms with Gasteiger partial charge in [-0.2, -0.15) is 0 Å². The third-order valence-electron chi connectivity index (χ3n) is 4.49. The van der Waals surface area contributed by atoms with E-state index in [0.717, 1.165) is 10.4 Å². The average molecular weight is 459 g/mol. The van der Waals surface area contributed by atoms with Gasteiger partial charge >= 0.3 is 0 Å². The van der Waals surface area contributed by atoms with Crippen molar-refractivity contribution in [3.8, 4) is 17.3 Å². The van der Waals surface area contributed by atoms with Crippen LogP contribution in [0.4, 0.5) is 5.13 Å². The third kappa shape index (κ3) is 4.42. The van der Waals surface area contributed by atoms with Crippen LogP contribution in [-0.4, -0.2) is 43.7 Å². The van der Waals surface area contributed by atoms with Crippen molar-refractivity contribution in [3.05, 3.63) is 29.3 Å². The van der Waals surface area contributed by atoms with Crippen molar-refractivity contribution in [3.63, 3.8) is 0 Å². The van der Waals surface area contributed by atoms with Gasteiger partial charge in [0.05, 0.1) is 12.9 Å². The van der Waals surface area contributed by atoms with Gasteiger partial charge in [-0.1, -0.05) is 49.1 Å². The van der Waals surface area contributed by atoms with E-state index in [0.29, 0.717) is 39.7 Å². The van der Waals surface area contributed by atoms with Crippen molar-refractivity contribution in [1.82, 2.24) is 25.0 Å². The van der Waals surface area contributed by atoms with Crippen LogP contribution in [0.5, 0.6) is 5.75 Å². The number of fused-ring (bicyclic) bond motifs is 1. The number of aromatic nitrogens is 5. The minimum absolute atomic E-state index is 0.169. The van der Waals surface area contributed by atoms with Crippen molar-refractivity contribution in [2.24, 2.45) is 0 Å². The number of carbonyl (C=O) groups excluding carboxylic acids is 1. The molecule has 0 aliphatic rings. The lowest BCUT2D eigenvalue weighted by molar-refractivity contribution is -0.113. The molecular weight excluding hydrogens is 436 g/mol. The van der Waals surface area contributed by atoms with E-state index in [2.05, 4.69) is 25.7 Å². The Bertz CT molecular complexity index is 1210. The van der Waals surface area contributed by atoms with Crippen LogP contribution in [0.15, 0.2) is 33.8 Å². The van der Waals surface area contributed by atoms with Gasteiger partial charge in [0.15, 0.2) is 22.2 Å². The number of methoxy groups -OCH3 is 1. The molecule has 0 aliphatic carbocycles. The Hall–Kier alpha value is -2.92. The number of para-hydroxylation sites is 1. The molecule has 0 spiro atoms. The second-order valence-corrected chi connectivity index (χ2v) is 8.93. The standard InChI is InChI=1S/C20H22N6O3S2/c1-5-26-17(14-9-12-7-6-8-13(28-4)16(12)29-14)22-25-20(26)30-10-15(27)21-19-24-23-18(31-19)11(2)3/h6-9,11H,5,10H2,1-4H3,(H,21,24,27). The highest BCUT2D eigenvalue weighted by molar-refractivity contribution is 7.99. The summed E-state index contributed by atoms with van der Waals surface area (Å²) in [5.74, 6) is 2.15. The highest BCUT2D eigenvalue weighted by atomic mass is 32.2. The van der Waals surface area contributed by atoms with Crippen LogP contribution in [0.2, 0.25) is 0 Å². The average Bonchev–Trinajstić information content (AvgIpc) is 3.48. The van der Waals surface area contributed by atoms with Crippen molar-refractivity contribution >= 4 is 45.1 Å². The number of thioether (sulfide) groups is 1. The maximum Gasteiger partial charge on any atom is 0.236 e. The smallest absolute Gasteiger partial charge is 0.236 e. The molecule has 0 unspecified atom stereocenters. The summed E-state index contributed by atoms with van der Waals surface area (Å²) in [7, 11) is 1.61. The molecule has 11 heteroatoms. The molecule has 1 amide bonds. The Balaban J connectivity index is 1.48. The summed E-state index contributed by atoms with van der Waals surface area (Å²) in [6.45, 7) is 6.70. The summed E-state index contributed by atoms with van der Waals surface area (Å²) in [5, 5.41) is 22.4. The van der Waals surface area contributed by atoms with E-state index in [9.17, 15) is 4.79 Å². The zero-order valence-electron chi connectivity index (χ0n) is 17.6. The SMILES string of the molecule is CCn1c(SCC(=O)Nc2nnc(C(C)C)s2)nnc1-c1cc2cccc(OC)c2o1. The van der Waals surface area contributed by atoms with Crippen LogP contribution in [0.3, 0.4) is 0 Å². The molecule has 31 heavy (non-hydrogen) atoms. The fourth-order valence-electron chi connectivity index (χ4n) is 2.97. The molecule has 4 rings (SSSR count). The summed E-state index contributed by atoms with van der Waals surface area (Å²) in [5.41, 5.74) is 0.664. The number of nitrogens with one attached hydrogen (secondary N) is 1. The minimum atomic E-state index is -0.169. The van der Waals surface area contributed by atoms with Gasteiger partial charge in [-0.05, 0) is 19.1 Å². The van der Waals surface area contributed by atoms with Crippen LogP contribution in [0.1, 0.15) is 31.7 Å². The Morgan fingerprint density at radius 3 is 2.84 bits per heavy atom. The molecule has 3 aromatic heterocycles. The number of amides is 1. The van der Waals surface area contributed by atoms with Crippen molar-refractivity contribution in [2.75, 3.05) is 18.2 Å². The van der Waals surface area contributed by atoms with E-state index in [1.165, 1.54) is 23.1 Å². The number of anilines is 1. The van der Waals surface area contributed by atoms with Crippen LogP contribution in [0, 0.1) is 0 Å². The predicted octanol–water partition coefficient (Wildman–Crippen LogP) is 4.43. The molecule has 162 valence electrons. The summed E-state index contributed by atoms with van der Waals surface area (Å²) < 4.78 is 13.3. The first-order valence-electron chi connectivity index (χ1n) is 9.76. The van der Waals surface area contributed by atoms with E-state index in [1.807, 2.05) is 49.6 Å². The van der Waals surface area contributed by atoms with E-state index in [-0.39, 0.29) is 17.6 Å². The molecule has 1 aromatic carbocycles.